The van der Waals surface area contributed by atoms with Gasteiger partial charge in [0, 0.05) is 19.8 Å². The molecule has 0 aromatic heterocycles. The molecule has 1 saturated heterocycles. The van der Waals surface area contributed by atoms with Crippen molar-refractivity contribution in [3.05, 3.63) is 95.6 Å². The number of carbonyl (C=O) groups is 4. The molecule has 1 fully saturated rings. The van der Waals surface area contributed by atoms with Crippen molar-refractivity contribution in [1.82, 2.24) is 14.9 Å². The third-order valence-electron chi connectivity index (χ3n) is 6.85. The lowest BCUT2D eigenvalue weighted by Crippen LogP contribution is -2.52. The van der Waals surface area contributed by atoms with Gasteiger partial charge in [-0.3, -0.25) is 14.4 Å². The number of hydrogen-bond acceptors (Lipinski definition) is 7. The van der Waals surface area contributed by atoms with Crippen molar-refractivity contribution in [2.45, 2.75) is 38.4 Å². The third-order valence-corrected chi connectivity index (χ3v) is 8.64. The van der Waals surface area contributed by atoms with Gasteiger partial charge in [-0.05, 0) is 41.0 Å². The first-order chi connectivity index (χ1) is 20.5. The Labute approximate surface area is 249 Å². The molecule has 0 aliphatic carbocycles. The summed E-state index contributed by atoms with van der Waals surface area (Å²) in [6.07, 6.45) is 0.0700. The van der Waals surface area contributed by atoms with Crippen LogP contribution in [-0.4, -0.2) is 67.3 Å². The van der Waals surface area contributed by atoms with Crippen molar-refractivity contribution >= 4 is 39.6 Å². The Morgan fingerprint density at radius 2 is 1.44 bits per heavy atom. The second-order valence-corrected chi connectivity index (χ2v) is 11.8. The number of benzene rings is 3. The number of methoxy groups -OCH3 is 1. The van der Waals surface area contributed by atoms with Crippen LogP contribution in [0.2, 0.25) is 0 Å². The van der Waals surface area contributed by atoms with Gasteiger partial charge in [0.05, 0.1) is 19.3 Å². The van der Waals surface area contributed by atoms with Gasteiger partial charge < -0.3 is 20.5 Å². The van der Waals surface area contributed by atoms with E-state index in [1.807, 2.05) is 6.07 Å². The first kappa shape index (κ1) is 31.0. The standard InChI is InChI=1S/C30H32N4O8S/c1-20(35)31-26(16-21-6-4-3-5-7-21)29(37)32-27(30(38)39)17-22-8-12-24(13-9-22)33-19-28(36)34(43(33,40)41)18-23-10-14-25(42-2)15-11-23/h3-15,26-27H,16-19H2,1-2H3,(H,31,35)(H,32,37)(H,38,39)/t26-,27-/m0/s1. The van der Waals surface area contributed by atoms with Crippen molar-refractivity contribution in [3.63, 3.8) is 0 Å². The number of carboxylic acids is 1. The van der Waals surface area contributed by atoms with Gasteiger partial charge in [0.1, 0.15) is 24.4 Å². The molecule has 2 atom stereocenters. The van der Waals surface area contributed by atoms with E-state index >= 15 is 0 Å². The van der Waals surface area contributed by atoms with Gasteiger partial charge in [-0.25, -0.2) is 13.4 Å². The monoisotopic (exact) mass is 608 g/mol. The van der Waals surface area contributed by atoms with E-state index in [4.69, 9.17) is 4.74 Å². The van der Waals surface area contributed by atoms with E-state index in [9.17, 15) is 32.7 Å². The summed E-state index contributed by atoms with van der Waals surface area (Å²) in [6.45, 7) is 0.759. The van der Waals surface area contributed by atoms with Crippen molar-refractivity contribution in [2.24, 2.45) is 0 Å². The predicted molar refractivity (Wildman–Crippen MR) is 157 cm³/mol. The van der Waals surface area contributed by atoms with E-state index in [1.165, 1.54) is 26.2 Å². The Kier molecular flexibility index (Phi) is 9.66. The molecule has 0 unspecified atom stereocenters. The van der Waals surface area contributed by atoms with Crippen molar-refractivity contribution in [3.8, 4) is 5.75 Å². The summed E-state index contributed by atoms with van der Waals surface area (Å²) in [4.78, 5) is 49.4. The fourth-order valence-electron chi connectivity index (χ4n) is 4.63. The first-order valence-electron chi connectivity index (χ1n) is 13.4. The van der Waals surface area contributed by atoms with Crippen LogP contribution < -0.4 is 19.7 Å². The van der Waals surface area contributed by atoms with Crippen LogP contribution in [0.25, 0.3) is 0 Å². The van der Waals surface area contributed by atoms with Crippen molar-refractivity contribution in [1.29, 1.82) is 0 Å². The highest BCUT2D eigenvalue weighted by atomic mass is 32.2. The van der Waals surface area contributed by atoms with Crippen LogP contribution in [0, 0.1) is 0 Å². The minimum atomic E-state index is -4.15. The van der Waals surface area contributed by atoms with Crippen molar-refractivity contribution in [2.75, 3.05) is 18.0 Å². The number of rotatable bonds is 12. The Morgan fingerprint density at radius 1 is 0.860 bits per heavy atom. The second-order valence-electron chi connectivity index (χ2n) is 9.98. The number of aliphatic carboxylic acids is 1. The number of carboxylic acid groups (broad SMARTS) is 1. The van der Waals surface area contributed by atoms with E-state index in [2.05, 4.69) is 10.6 Å². The molecule has 0 radical (unpaired) electrons. The fraction of sp³-hybridized carbons (Fsp3) is 0.267. The van der Waals surface area contributed by atoms with E-state index in [-0.39, 0.29) is 31.6 Å². The molecular weight excluding hydrogens is 576 g/mol. The fourth-order valence-corrected chi connectivity index (χ4v) is 6.16. The molecule has 0 bridgehead atoms. The molecule has 4 rings (SSSR count). The summed E-state index contributed by atoms with van der Waals surface area (Å²) in [5.74, 6) is -2.35. The predicted octanol–water partition coefficient (Wildman–Crippen LogP) is 1.65. The summed E-state index contributed by atoms with van der Waals surface area (Å²) in [7, 11) is -2.64. The minimum absolute atomic E-state index is 0.102. The molecule has 1 aliphatic heterocycles. The van der Waals surface area contributed by atoms with E-state index in [0.717, 1.165) is 14.2 Å². The number of ether oxygens (including phenoxy) is 1. The van der Waals surface area contributed by atoms with Crippen LogP contribution in [-0.2, 0) is 48.8 Å². The molecule has 12 nitrogen and oxygen atoms in total. The van der Waals surface area contributed by atoms with Crippen LogP contribution >= 0.6 is 0 Å². The number of hydrogen-bond donors (Lipinski definition) is 3. The highest BCUT2D eigenvalue weighted by molar-refractivity contribution is 7.91. The number of nitrogens with zero attached hydrogens (tertiary/aromatic N) is 2. The number of carbonyl (C=O) groups excluding carboxylic acids is 3. The lowest BCUT2D eigenvalue weighted by atomic mass is 10.0. The Bertz CT molecular complexity index is 1580. The smallest absolute Gasteiger partial charge is 0.329 e. The molecule has 3 aromatic carbocycles. The SMILES string of the molecule is COc1ccc(CN2C(=O)CN(c3ccc(C[C@H](NC(=O)[C@H](Cc4ccccc4)NC(C)=O)C(=O)O)cc3)S2(=O)=O)cc1. The quantitative estimate of drug-likeness (QED) is 0.280. The number of amides is 3. The van der Waals surface area contributed by atoms with Gasteiger partial charge in [0.15, 0.2) is 0 Å². The van der Waals surface area contributed by atoms with Crippen LogP contribution in [0.3, 0.4) is 0 Å². The first-order valence-corrected chi connectivity index (χ1v) is 14.8. The summed E-state index contributed by atoms with van der Waals surface area (Å²) in [6, 6.07) is 19.4. The number of nitrogens with one attached hydrogen (secondary N) is 2. The Balaban J connectivity index is 1.44. The molecule has 3 N–H and O–H groups in total. The summed E-state index contributed by atoms with van der Waals surface area (Å²) in [5.41, 5.74) is 2.14. The molecular formula is C30H32N4O8S. The van der Waals surface area contributed by atoms with E-state index < -0.39 is 46.0 Å². The lowest BCUT2D eigenvalue weighted by Gasteiger charge is -2.22. The zero-order valence-corrected chi connectivity index (χ0v) is 24.4. The average Bonchev–Trinajstić information content (AvgIpc) is 3.20. The van der Waals surface area contributed by atoms with Crippen LogP contribution in [0.5, 0.6) is 5.75 Å². The molecule has 3 aromatic rings. The summed E-state index contributed by atoms with van der Waals surface area (Å²) < 4.78 is 33.4. The largest absolute Gasteiger partial charge is 0.497 e. The van der Waals surface area contributed by atoms with E-state index in [0.29, 0.717) is 16.9 Å². The van der Waals surface area contributed by atoms with Gasteiger partial charge in [-0.15, -0.1) is 0 Å². The third kappa shape index (κ3) is 7.68. The molecule has 1 aliphatic rings. The molecule has 0 spiro atoms. The van der Waals surface area contributed by atoms with Crippen LogP contribution in [0.1, 0.15) is 23.6 Å². The minimum Gasteiger partial charge on any atom is -0.497 e. The van der Waals surface area contributed by atoms with Gasteiger partial charge >= 0.3 is 16.2 Å². The highest BCUT2D eigenvalue weighted by Crippen LogP contribution is 2.28. The summed E-state index contributed by atoms with van der Waals surface area (Å²) in [5, 5.41) is 14.9. The maximum Gasteiger partial charge on any atom is 0.329 e. The zero-order valence-electron chi connectivity index (χ0n) is 23.6. The second kappa shape index (κ2) is 13.4. The lowest BCUT2D eigenvalue weighted by molar-refractivity contribution is -0.142. The van der Waals surface area contributed by atoms with Gasteiger partial charge in [-0.1, -0.05) is 54.6 Å². The van der Waals surface area contributed by atoms with Gasteiger partial charge in [-0.2, -0.15) is 8.42 Å². The molecule has 226 valence electrons. The van der Waals surface area contributed by atoms with Crippen molar-refractivity contribution < 1.29 is 37.4 Å². The maximum atomic E-state index is 13.2. The maximum absolute atomic E-state index is 13.2. The normalized spacial score (nSPS) is 15.4. The van der Waals surface area contributed by atoms with Gasteiger partial charge in [0.2, 0.25) is 11.8 Å². The molecule has 0 saturated carbocycles. The zero-order chi connectivity index (χ0) is 31.1. The van der Waals surface area contributed by atoms with Crippen LogP contribution in [0.15, 0.2) is 78.9 Å². The highest BCUT2D eigenvalue weighted by Gasteiger charge is 2.42. The topological polar surface area (TPSA) is 162 Å². The molecule has 1 heterocycles. The molecule has 3 amide bonds. The Hall–Kier alpha value is -4.91. The molecule has 13 heteroatoms. The van der Waals surface area contributed by atoms with Crippen LogP contribution in [0.4, 0.5) is 5.69 Å². The summed E-state index contributed by atoms with van der Waals surface area (Å²) >= 11 is 0. The molecule has 43 heavy (non-hydrogen) atoms. The number of anilines is 1. The average molecular weight is 609 g/mol. The van der Waals surface area contributed by atoms with E-state index in [1.54, 1.807) is 60.7 Å². The van der Waals surface area contributed by atoms with Gasteiger partial charge in [0.25, 0.3) is 5.91 Å². The Morgan fingerprint density at radius 3 is 2.02 bits per heavy atom.